The molecule has 1 heterocycles. The maximum Gasteiger partial charge on any atom is 0.220 e. The van der Waals surface area contributed by atoms with Crippen LogP contribution in [0.5, 0.6) is 0 Å². The molecule has 0 aromatic heterocycles. The Balaban J connectivity index is 2.24. The Bertz CT molecular complexity index is 118. The van der Waals surface area contributed by atoms with E-state index in [9.17, 15) is 0 Å². The summed E-state index contributed by atoms with van der Waals surface area (Å²) in [7, 11) is 0. The van der Waals surface area contributed by atoms with Crippen LogP contribution in [0.25, 0.3) is 0 Å². The van der Waals surface area contributed by atoms with Gasteiger partial charge in [-0.25, -0.2) is 14.9 Å². The summed E-state index contributed by atoms with van der Waals surface area (Å²) in [5.41, 5.74) is -0.281. The molecule has 0 saturated carbocycles. The summed E-state index contributed by atoms with van der Waals surface area (Å²) in [5, 5.41) is 1.69. The second kappa shape index (κ2) is 3.08. The summed E-state index contributed by atoms with van der Waals surface area (Å²) in [5.74, 6) is 0. The van der Waals surface area contributed by atoms with Crippen molar-refractivity contribution in [3.63, 3.8) is 0 Å². The van der Waals surface area contributed by atoms with Crippen LogP contribution in [0.3, 0.4) is 0 Å². The van der Waals surface area contributed by atoms with Gasteiger partial charge in [0.25, 0.3) is 0 Å². The maximum atomic E-state index is 5.08. The molecule has 0 spiro atoms. The van der Waals surface area contributed by atoms with Gasteiger partial charge in [-0.2, -0.15) is 0 Å². The number of aliphatic imine (C=N–C) groups is 1. The van der Waals surface area contributed by atoms with Crippen molar-refractivity contribution in [3.05, 3.63) is 0 Å². The van der Waals surface area contributed by atoms with Crippen LogP contribution >= 0.6 is 12.6 Å². The van der Waals surface area contributed by atoms with Crippen LogP contribution in [-0.2, 0) is 4.84 Å². The molecule has 1 atom stereocenters. The van der Waals surface area contributed by atoms with Crippen LogP contribution < -0.4 is 0 Å². The average Bonchev–Trinajstić information content (AvgIpc) is 2.17. The van der Waals surface area contributed by atoms with Crippen molar-refractivity contribution < 1.29 is 4.84 Å². The summed E-state index contributed by atoms with van der Waals surface area (Å²) in [6.45, 7) is 2.98. The second-order valence-corrected chi connectivity index (χ2v) is 2.28. The van der Waals surface area contributed by atoms with E-state index in [0.29, 0.717) is 0 Å². The number of hydroxylamine groups is 2. The van der Waals surface area contributed by atoms with Crippen LogP contribution in [0.2, 0.25) is 0 Å². The Labute approximate surface area is 60.1 Å². The van der Waals surface area contributed by atoms with Crippen molar-refractivity contribution in [1.29, 1.82) is 0 Å². The van der Waals surface area contributed by atoms with Gasteiger partial charge in [0.1, 0.15) is 6.34 Å². The third-order valence-corrected chi connectivity index (χ3v) is 1.22. The molecule has 0 aromatic rings. The fourth-order valence-corrected chi connectivity index (χ4v) is 0.818. The third kappa shape index (κ3) is 1.87. The van der Waals surface area contributed by atoms with Gasteiger partial charge in [-0.3, -0.25) is 0 Å². The Kier molecular flexibility index (Phi) is 2.36. The van der Waals surface area contributed by atoms with Crippen molar-refractivity contribution >= 4 is 19.0 Å². The Morgan fingerprint density at radius 3 is 3.11 bits per heavy atom. The van der Waals surface area contributed by atoms with E-state index in [0.717, 1.165) is 13.0 Å². The van der Waals surface area contributed by atoms with Crippen LogP contribution in [0.15, 0.2) is 4.99 Å². The first-order valence-electron chi connectivity index (χ1n) is 2.97. The van der Waals surface area contributed by atoms with E-state index in [2.05, 4.69) is 24.5 Å². The van der Waals surface area contributed by atoms with E-state index < -0.39 is 0 Å². The fraction of sp³-hybridized carbons (Fsp3) is 0.800. The van der Waals surface area contributed by atoms with Gasteiger partial charge in [0.2, 0.25) is 5.56 Å². The summed E-state index contributed by atoms with van der Waals surface area (Å²) >= 11 is 3.98. The first-order valence-corrected chi connectivity index (χ1v) is 3.49. The van der Waals surface area contributed by atoms with Gasteiger partial charge in [0, 0.05) is 6.54 Å². The number of rotatable bonds is 2. The van der Waals surface area contributed by atoms with Gasteiger partial charge in [-0.15, -0.1) is 12.6 Å². The van der Waals surface area contributed by atoms with E-state index in [1.807, 2.05) is 0 Å². The lowest BCUT2D eigenvalue weighted by molar-refractivity contribution is -0.0851. The minimum absolute atomic E-state index is 0.281. The molecule has 0 amide bonds. The lowest BCUT2D eigenvalue weighted by atomic mass is 10.5. The Morgan fingerprint density at radius 1 is 1.89 bits per heavy atom. The first kappa shape index (κ1) is 6.89. The zero-order valence-corrected chi connectivity index (χ0v) is 6.21. The van der Waals surface area contributed by atoms with Crippen LogP contribution in [-0.4, -0.2) is 23.5 Å². The van der Waals surface area contributed by atoms with Crippen LogP contribution in [0.1, 0.15) is 13.3 Å². The summed E-state index contributed by atoms with van der Waals surface area (Å²) in [6.07, 6.45) is 2.73. The molecule has 1 unspecified atom stereocenters. The molecule has 0 radical (unpaired) electrons. The number of hydrogen-bond acceptors (Lipinski definition) is 4. The number of nitrogens with zero attached hydrogens (tertiary/aromatic N) is 2. The monoisotopic (exact) mass is 146 g/mol. The molecule has 1 rings (SSSR count). The van der Waals surface area contributed by atoms with Gasteiger partial charge in [-0.05, 0) is 6.42 Å². The molecule has 9 heavy (non-hydrogen) atoms. The van der Waals surface area contributed by atoms with Crippen molar-refractivity contribution in [2.24, 2.45) is 4.99 Å². The molecule has 0 aliphatic carbocycles. The molecule has 0 aromatic carbocycles. The number of thiol groups is 1. The highest BCUT2D eigenvalue weighted by atomic mass is 32.1. The zero-order valence-electron chi connectivity index (χ0n) is 5.32. The molecular weight excluding hydrogens is 136 g/mol. The largest absolute Gasteiger partial charge is 0.240 e. The van der Waals surface area contributed by atoms with Gasteiger partial charge in [-0.1, -0.05) is 6.92 Å². The Hall–Kier alpha value is -0.220. The predicted octanol–water partition coefficient (Wildman–Crippen LogP) is 0.885. The highest BCUT2D eigenvalue weighted by Gasteiger charge is 2.11. The van der Waals surface area contributed by atoms with Crippen molar-refractivity contribution in [2.45, 2.75) is 18.9 Å². The van der Waals surface area contributed by atoms with Gasteiger partial charge >= 0.3 is 0 Å². The SMILES string of the molecule is CCCN1C=NC(S)O1. The molecular formula is C5H10N2OS. The van der Waals surface area contributed by atoms with Gasteiger partial charge < -0.3 is 0 Å². The molecule has 0 fully saturated rings. The molecule has 1 aliphatic heterocycles. The van der Waals surface area contributed by atoms with Crippen molar-refractivity contribution in [3.8, 4) is 0 Å². The van der Waals surface area contributed by atoms with Crippen LogP contribution in [0.4, 0.5) is 0 Å². The highest BCUT2D eigenvalue weighted by Crippen LogP contribution is 2.08. The zero-order chi connectivity index (χ0) is 6.69. The minimum atomic E-state index is -0.281. The molecule has 4 heteroatoms. The summed E-state index contributed by atoms with van der Waals surface area (Å²) in [4.78, 5) is 8.96. The predicted molar refractivity (Wildman–Crippen MR) is 39.3 cm³/mol. The molecule has 3 nitrogen and oxygen atoms in total. The fourth-order valence-electron chi connectivity index (χ4n) is 0.638. The lowest BCUT2D eigenvalue weighted by Gasteiger charge is -2.11. The van der Waals surface area contributed by atoms with E-state index in [1.165, 1.54) is 0 Å². The second-order valence-electron chi connectivity index (χ2n) is 1.84. The molecule has 1 aliphatic rings. The smallest absolute Gasteiger partial charge is 0.220 e. The quantitative estimate of drug-likeness (QED) is 0.585. The number of hydrogen-bond donors (Lipinski definition) is 1. The van der Waals surface area contributed by atoms with E-state index >= 15 is 0 Å². The maximum absolute atomic E-state index is 5.08. The van der Waals surface area contributed by atoms with E-state index in [-0.39, 0.29) is 5.56 Å². The van der Waals surface area contributed by atoms with Crippen LogP contribution in [0, 0.1) is 0 Å². The van der Waals surface area contributed by atoms with Gasteiger partial charge in [0.15, 0.2) is 0 Å². The first-order chi connectivity index (χ1) is 4.33. The minimum Gasteiger partial charge on any atom is -0.240 e. The summed E-state index contributed by atoms with van der Waals surface area (Å²) < 4.78 is 0. The highest BCUT2D eigenvalue weighted by molar-refractivity contribution is 7.80. The van der Waals surface area contributed by atoms with Crippen molar-refractivity contribution in [1.82, 2.24) is 5.06 Å². The molecule has 0 bridgehead atoms. The van der Waals surface area contributed by atoms with E-state index in [1.54, 1.807) is 11.4 Å². The lowest BCUT2D eigenvalue weighted by Crippen LogP contribution is -2.19. The standard InChI is InChI=1S/C5H10N2OS/c1-2-3-7-4-6-5(9)8-7/h4-5,9H,2-3H2,1H3. The molecule has 0 N–H and O–H groups in total. The molecule has 0 saturated heterocycles. The van der Waals surface area contributed by atoms with Gasteiger partial charge in [0.05, 0.1) is 0 Å². The molecule has 52 valence electrons. The topological polar surface area (TPSA) is 24.8 Å². The summed E-state index contributed by atoms with van der Waals surface area (Å²) in [6, 6.07) is 0. The Morgan fingerprint density at radius 2 is 2.67 bits per heavy atom. The van der Waals surface area contributed by atoms with E-state index in [4.69, 9.17) is 4.84 Å². The van der Waals surface area contributed by atoms with Crippen molar-refractivity contribution in [2.75, 3.05) is 6.54 Å². The average molecular weight is 146 g/mol. The normalized spacial score (nSPS) is 25.6. The third-order valence-electron chi connectivity index (χ3n) is 0.997.